The molecule has 0 atom stereocenters. The van der Waals surface area contributed by atoms with E-state index >= 15 is 0 Å². The quantitative estimate of drug-likeness (QED) is 0.335. The van der Waals surface area contributed by atoms with Crippen LogP contribution in [0, 0.1) is 0 Å². The highest BCUT2D eigenvalue weighted by atomic mass is 32.2. The summed E-state index contributed by atoms with van der Waals surface area (Å²) < 4.78 is 5.86. The number of aromatic hydroxyl groups is 1. The Labute approximate surface area is 169 Å². The van der Waals surface area contributed by atoms with Crippen LogP contribution in [-0.2, 0) is 0 Å². The second-order valence-electron chi connectivity index (χ2n) is 7.10. The molecule has 2 aromatic carbocycles. The van der Waals surface area contributed by atoms with Crippen molar-refractivity contribution in [1.82, 2.24) is 0 Å². The summed E-state index contributed by atoms with van der Waals surface area (Å²) in [5.74, 6) is 1.25. The van der Waals surface area contributed by atoms with Crippen molar-refractivity contribution < 1.29 is 9.84 Å². The van der Waals surface area contributed by atoms with E-state index in [1.54, 1.807) is 23.9 Å². The van der Waals surface area contributed by atoms with Crippen LogP contribution in [0.4, 0.5) is 0 Å². The van der Waals surface area contributed by atoms with Crippen LogP contribution in [0.3, 0.4) is 0 Å². The number of rotatable bonds is 14. The highest BCUT2D eigenvalue weighted by Crippen LogP contribution is 2.30. The summed E-state index contributed by atoms with van der Waals surface area (Å²) in [6.07, 6.45) is 13.5. The Balaban J connectivity index is 1.52. The Morgan fingerprint density at radius 1 is 0.667 bits per heavy atom. The topological polar surface area (TPSA) is 29.5 Å². The van der Waals surface area contributed by atoms with E-state index in [9.17, 15) is 5.11 Å². The molecule has 0 bridgehead atoms. The summed E-state index contributed by atoms with van der Waals surface area (Å²) in [4.78, 5) is 2.29. The lowest BCUT2D eigenvalue weighted by molar-refractivity contribution is 0.304. The minimum Gasteiger partial charge on any atom is -0.508 e. The fourth-order valence-electron chi connectivity index (χ4n) is 3.03. The van der Waals surface area contributed by atoms with Crippen LogP contribution in [0.1, 0.15) is 71.1 Å². The molecule has 27 heavy (non-hydrogen) atoms. The van der Waals surface area contributed by atoms with E-state index in [0.29, 0.717) is 5.75 Å². The van der Waals surface area contributed by atoms with E-state index in [-0.39, 0.29) is 0 Å². The van der Waals surface area contributed by atoms with Gasteiger partial charge in [-0.2, -0.15) is 0 Å². The van der Waals surface area contributed by atoms with Gasteiger partial charge in [-0.1, -0.05) is 76.5 Å². The first kappa shape index (κ1) is 21.7. The molecule has 0 saturated heterocycles. The van der Waals surface area contributed by atoms with Gasteiger partial charge in [-0.3, -0.25) is 0 Å². The van der Waals surface area contributed by atoms with Crippen LogP contribution in [0.25, 0.3) is 0 Å². The Kier molecular flexibility index (Phi) is 10.9. The molecule has 0 aliphatic heterocycles. The smallest absolute Gasteiger partial charge is 0.119 e. The van der Waals surface area contributed by atoms with Gasteiger partial charge in [0.15, 0.2) is 0 Å². The van der Waals surface area contributed by atoms with Crippen molar-refractivity contribution in [3.8, 4) is 11.5 Å². The van der Waals surface area contributed by atoms with Gasteiger partial charge in [-0.25, -0.2) is 0 Å². The monoisotopic (exact) mass is 386 g/mol. The first-order chi connectivity index (χ1) is 13.3. The maximum Gasteiger partial charge on any atom is 0.119 e. The SMILES string of the molecule is CCCCCCCCCCCCOc1ccc(Sc2ccc(O)cc2)cc1. The van der Waals surface area contributed by atoms with E-state index in [1.165, 1.54) is 62.7 Å². The zero-order valence-electron chi connectivity index (χ0n) is 16.7. The standard InChI is InChI=1S/C24H34O2S/c1-2-3-4-5-6-7-8-9-10-11-20-26-22-14-18-24(19-15-22)27-23-16-12-21(25)13-17-23/h12-19,25H,2-11,20H2,1H3. The zero-order valence-corrected chi connectivity index (χ0v) is 17.5. The fraction of sp³-hybridized carbons (Fsp3) is 0.500. The molecule has 0 radical (unpaired) electrons. The minimum atomic E-state index is 0.301. The molecule has 0 saturated carbocycles. The summed E-state index contributed by atoms with van der Waals surface area (Å²) in [5.41, 5.74) is 0. The molecule has 2 rings (SSSR count). The summed E-state index contributed by atoms with van der Waals surface area (Å²) in [5, 5.41) is 9.34. The van der Waals surface area contributed by atoms with Gasteiger partial charge in [0.25, 0.3) is 0 Å². The van der Waals surface area contributed by atoms with Crippen molar-refractivity contribution in [2.24, 2.45) is 0 Å². The summed E-state index contributed by atoms with van der Waals surface area (Å²) in [6, 6.07) is 15.5. The largest absolute Gasteiger partial charge is 0.508 e. The predicted molar refractivity (Wildman–Crippen MR) is 116 cm³/mol. The maximum absolute atomic E-state index is 9.34. The van der Waals surface area contributed by atoms with E-state index < -0.39 is 0 Å². The average molecular weight is 387 g/mol. The average Bonchev–Trinajstić information content (AvgIpc) is 2.69. The molecule has 0 aliphatic rings. The van der Waals surface area contributed by atoms with E-state index in [1.807, 2.05) is 24.3 Å². The number of phenols is 1. The van der Waals surface area contributed by atoms with E-state index in [0.717, 1.165) is 23.7 Å². The van der Waals surface area contributed by atoms with E-state index in [4.69, 9.17) is 4.74 Å². The van der Waals surface area contributed by atoms with Crippen LogP contribution >= 0.6 is 11.8 Å². The predicted octanol–water partition coefficient (Wildman–Crippen LogP) is 7.84. The lowest BCUT2D eigenvalue weighted by Crippen LogP contribution is -1.97. The van der Waals surface area contributed by atoms with Crippen molar-refractivity contribution in [2.45, 2.75) is 80.9 Å². The number of hydrogen-bond acceptors (Lipinski definition) is 3. The second kappa shape index (κ2) is 13.5. The molecule has 0 spiro atoms. The van der Waals surface area contributed by atoms with Crippen molar-refractivity contribution in [2.75, 3.05) is 6.61 Å². The lowest BCUT2D eigenvalue weighted by atomic mass is 10.1. The molecular weight excluding hydrogens is 352 g/mol. The van der Waals surface area contributed by atoms with Gasteiger partial charge >= 0.3 is 0 Å². The van der Waals surface area contributed by atoms with Crippen molar-refractivity contribution in [3.05, 3.63) is 48.5 Å². The molecule has 0 unspecified atom stereocenters. The molecule has 148 valence electrons. The summed E-state index contributed by atoms with van der Waals surface area (Å²) in [6.45, 7) is 3.08. The maximum atomic E-state index is 9.34. The Hall–Kier alpha value is -1.61. The number of benzene rings is 2. The third-order valence-electron chi connectivity index (χ3n) is 4.66. The molecule has 2 aromatic rings. The lowest BCUT2D eigenvalue weighted by Gasteiger charge is -2.07. The Bertz CT molecular complexity index is 607. The highest BCUT2D eigenvalue weighted by molar-refractivity contribution is 7.99. The molecule has 0 heterocycles. The van der Waals surface area contributed by atoms with Crippen molar-refractivity contribution in [1.29, 1.82) is 0 Å². The van der Waals surface area contributed by atoms with Gasteiger partial charge < -0.3 is 9.84 Å². The molecule has 2 nitrogen and oxygen atoms in total. The molecular formula is C24H34O2S. The molecule has 1 N–H and O–H groups in total. The van der Waals surface area contributed by atoms with Gasteiger partial charge in [0.1, 0.15) is 11.5 Å². The van der Waals surface area contributed by atoms with Crippen LogP contribution in [0.15, 0.2) is 58.3 Å². The highest BCUT2D eigenvalue weighted by Gasteiger charge is 2.00. The molecule has 0 aromatic heterocycles. The summed E-state index contributed by atoms with van der Waals surface area (Å²) in [7, 11) is 0. The van der Waals surface area contributed by atoms with E-state index in [2.05, 4.69) is 19.1 Å². The third-order valence-corrected chi connectivity index (χ3v) is 5.68. The first-order valence-corrected chi connectivity index (χ1v) is 11.3. The number of hydrogen-bond donors (Lipinski definition) is 1. The number of phenolic OH excluding ortho intramolecular Hbond substituents is 1. The van der Waals surface area contributed by atoms with Gasteiger partial charge in [0.05, 0.1) is 6.61 Å². The molecule has 0 aliphatic carbocycles. The van der Waals surface area contributed by atoms with Crippen molar-refractivity contribution in [3.63, 3.8) is 0 Å². The third kappa shape index (κ3) is 9.76. The minimum absolute atomic E-state index is 0.301. The van der Waals surface area contributed by atoms with Gasteiger partial charge in [0.2, 0.25) is 0 Å². The van der Waals surface area contributed by atoms with Gasteiger partial charge in [-0.15, -0.1) is 0 Å². The van der Waals surface area contributed by atoms with Crippen LogP contribution in [0.2, 0.25) is 0 Å². The summed E-state index contributed by atoms with van der Waals surface area (Å²) >= 11 is 1.68. The normalized spacial score (nSPS) is 10.9. The number of ether oxygens (including phenoxy) is 1. The molecule has 3 heteroatoms. The first-order valence-electron chi connectivity index (χ1n) is 10.5. The Morgan fingerprint density at radius 2 is 1.15 bits per heavy atom. The molecule has 0 amide bonds. The fourth-order valence-corrected chi connectivity index (χ4v) is 3.85. The zero-order chi connectivity index (χ0) is 19.2. The van der Waals surface area contributed by atoms with Crippen LogP contribution in [-0.4, -0.2) is 11.7 Å². The van der Waals surface area contributed by atoms with Crippen LogP contribution < -0.4 is 4.74 Å². The van der Waals surface area contributed by atoms with Crippen LogP contribution in [0.5, 0.6) is 11.5 Å². The van der Waals surface area contributed by atoms with Gasteiger partial charge in [-0.05, 0) is 55.0 Å². The Morgan fingerprint density at radius 3 is 1.70 bits per heavy atom. The van der Waals surface area contributed by atoms with Crippen molar-refractivity contribution >= 4 is 11.8 Å². The molecule has 0 fully saturated rings. The second-order valence-corrected chi connectivity index (χ2v) is 8.24. The van der Waals surface area contributed by atoms with Gasteiger partial charge in [0, 0.05) is 9.79 Å². The number of unbranched alkanes of at least 4 members (excludes halogenated alkanes) is 9.